The normalized spacial score (nSPS) is 14.0. The van der Waals surface area contributed by atoms with Crippen LogP contribution in [0, 0.1) is 19.7 Å². The Morgan fingerprint density at radius 3 is 2.45 bits per heavy atom. The SMILES string of the molecule is C=Cc1ccc2c(Cc3ccc(NC4CN(CCCF)C4)cc3)c(C(=C)c3c(C)cc(F)cc3C)sc2c1. The van der Waals surface area contributed by atoms with Gasteiger partial charge in [-0.15, -0.1) is 11.3 Å². The molecule has 2 nitrogen and oxygen atoms in total. The summed E-state index contributed by atoms with van der Waals surface area (Å²) >= 11 is 1.74. The average Bonchev–Trinajstić information content (AvgIpc) is 3.23. The van der Waals surface area contributed by atoms with Crippen molar-refractivity contribution in [1.29, 1.82) is 0 Å². The fourth-order valence-electron chi connectivity index (χ4n) is 5.50. The van der Waals surface area contributed by atoms with Crippen molar-refractivity contribution in [2.75, 3.05) is 31.6 Å². The number of halogens is 2. The third kappa shape index (κ3) is 5.45. The molecule has 1 saturated heterocycles. The molecular formula is C33H34F2N2S. The highest BCUT2D eigenvalue weighted by Gasteiger charge is 2.25. The Balaban J connectivity index is 1.41. The maximum atomic E-state index is 14.0. The molecule has 38 heavy (non-hydrogen) atoms. The molecule has 3 aromatic carbocycles. The van der Waals surface area contributed by atoms with E-state index in [1.807, 2.05) is 19.9 Å². The summed E-state index contributed by atoms with van der Waals surface area (Å²) in [4.78, 5) is 3.42. The van der Waals surface area contributed by atoms with Gasteiger partial charge in [-0.2, -0.15) is 0 Å². The first-order valence-electron chi connectivity index (χ1n) is 13.1. The number of hydrogen-bond acceptors (Lipinski definition) is 3. The lowest BCUT2D eigenvalue weighted by Gasteiger charge is -2.40. The predicted octanol–water partition coefficient (Wildman–Crippen LogP) is 8.41. The number of benzene rings is 3. The van der Waals surface area contributed by atoms with E-state index in [-0.39, 0.29) is 12.5 Å². The van der Waals surface area contributed by atoms with Gasteiger partial charge in [-0.1, -0.05) is 43.5 Å². The number of fused-ring (bicyclic) bond motifs is 1. The predicted molar refractivity (Wildman–Crippen MR) is 160 cm³/mol. The molecule has 1 aliphatic heterocycles. The number of alkyl halides is 1. The van der Waals surface area contributed by atoms with E-state index in [1.54, 1.807) is 23.5 Å². The van der Waals surface area contributed by atoms with Gasteiger partial charge in [-0.05, 0) is 101 Å². The van der Waals surface area contributed by atoms with Gasteiger partial charge in [0.25, 0.3) is 0 Å². The fourth-order valence-corrected chi connectivity index (χ4v) is 6.75. The second-order valence-electron chi connectivity index (χ2n) is 10.3. The van der Waals surface area contributed by atoms with E-state index in [0.29, 0.717) is 12.5 Å². The van der Waals surface area contributed by atoms with Crippen LogP contribution in [0.2, 0.25) is 0 Å². The van der Waals surface area contributed by atoms with E-state index in [0.717, 1.165) is 64.4 Å². The minimum atomic E-state index is -0.247. The maximum Gasteiger partial charge on any atom is 0.123 e. The van der Waals surface area contributed by atoms with Crippen LogP contribution in [0.25, 0.3) is 21.7 Å². The topological polar surface area (TPSA) is 15.3 Å². The first-order chi connectivity index (χ1) is 18.4. The Hall–Kier alpha value is -3.28. The molecule has 0 saturated carbocycles. The summed E-state index contributed by atoms with van der Waals surface area (Å²) in [6.07, 6.45) is 3.26. The van der Waals surface area contributed by atoms with Crippen molar-refractivity contribution in [1.82, 2.24) is 4.90 Å². The summed E-state index contributed by atoms with van der Waals surface area (Å²) in [5.41, 5.74) is 8.43. The summed E-state index contributed by atoms with van der Waals surface area (Å²) in [6.45, 7) is 14.9. The Bertz CT molecular complexity index is 1460. The number of thiophene rings is 1. The summed E-state index contributed by atoms with van der Waals surface area (Å²) in [6, 6.07) is 18.7. The van der Waals surface area contributed by atoms with Crippen LogP contribution in [0.3, 0.4) is 0 Å². The monoisotopic (exact) mass is 528 g/mol. The molecule has 1 N–H and O–H groups in total. The summed E-state index contributed by atoms with van der Waals surface area (Å²) in [5, 5.41) is 4.82. The van der Waals surface area contributed by atoms with Gasteiger partial charge in [-0.3, -0.25) is 9.29 Å². The highest BCUT2D eigenvalue weighted by molar-refractivity contribution is 7.20. The molecule has 0 radical (unpaired) electrons. The summed E-state index contributed by atoms with van der Waals surface area (Å²) < 4.78 is 27.6. The van der Waals surface area contributed by atoms with E-state index in [1.165, 1.54) is 21.2 Å². The lowest BCUT2D eigenvalue weighted by atomic mass is 9.91. The van der Waals surface area contributed by atoms with Gasteiger partial charge in [0.2, 0.25) is 0 Å². The minimum absolute atomic E-state index is 0.216. The Labute approximate surface area is 228 Å². The Kier molecular flexibility index (Phi) is 7.78. The standard InChI is InChI=1S/C33H34F2N2S/c1-5-24-9-12-29-30(17-25-7-10-27(11-8-25)36-28-19-37(20-28)14-6-13-34)33(38-31(29)18-24)23(4)32-21(2)15-26(35)16-22(32)3/h5,7-12,15-16,18,28,36H,1,4,6,13-14,17,19-20H2,2-3H3. The zero-order valence-electron chi connectivity index (χ0n) is 22.1. The first-order valence-corrected chi connectivity index (χ1v) is 14.0. The third-order valence-electron chi connectivity index (χ3n) is 7.40. The average molecular weight is 529 g/mol. The molecule has 0 bridgehead atoms. The van der Waals surface area contributed by atoms with Gasteiger partial charge < -0.3 is 5.32 Å². The Morgan fingerprint density at radius 1 is 1.08 bits per heavy atom. The second kappa shape index (κ2) is 11.2. The van der Waals surface area contributed by atoms with Gasteiger partial charge in [0.1, 0.15) is 5.82 Å². The molecule has 1 aromatic heterocycles. The minimum Gasteiger partial charge on any atom is -0.380 e. The van der Waals surface area contributed by atoms with Crippen LogP contribution < -0.4 is 5.32 Å². The van der Waals surface area contributed by atoms with Crippen molar-refractivity contribution >= 4 is 38.8 Å². The van der Waals surface area contributed by atoms with Crippen LogP contribution in [-0.2, 0) is 6.42 Å². The fraction of sp³-hybridized carbons (Fsp3) is 0.273. The number of likely N-dealkylation sites (tertiary alicyclic amines) is 1. The maximum absolute atomic E-state index is 14.0. The Morgan fingerprint density at radius 2 is 1.79 bits per heavy atom. The molecule has 1 aliphatic rings. The van der Waals surface area contributed by atoms with Crippen LogP contribution in [0.15, 0.2) is 67.8 Å². The number of aryl methyl sites for hydroxylation is 2. The zero-order valence-corrected chi connectivity index (χ0v) is 22.9. The molecule has 2 heterocycles. The highest BCUT2D eigenvalue weighted by Crippen LogP contribution is 2.41. The van der Waals surface area contributed by atoms with E-state index in [2.05, 4.69) is 65.8 Å². The lowest BCUT2D eigenvalue weighted by molar-refractivity contribution is 0.155. The van der Waals surface area contributed by atoms with Gasteiger partial charge >= 0.3 is 0 Å². The molecule has 0 unspecified atom stereocenters. The van der Waals surface area contributed by atoms with Gasteiger partial charge in [0.15, 0.2) is 0 Å². The smallest absolute Gasteiger partial charge is 0.123 e. The van der Waals surface area contributed by atoms with Crippen molar-refractivity contribution in [3.63, 3.8) is 0 Å². The summed E-state index contributed by atoms with van der Waals surface area (Å²) in [7, 11) is 0. The molecule has 1 fully saturated rings. The molecule has 5 heteroatoms. The van der Waals surface area contributed by atoms with Crippen LogP contribution in [0.4, 0.5) is 14.5 Å². The first kappa shape index (κ1) is 26.3. The molecular weight excluding hydrogens is 494 g/mol. The molecule has 0 atom stereocenters. The molecule has 0 spiro atoms. The van der Waals surface area contributed by atoms with E-state index < -0.39 is 0 Å². The molecule has 0 aliphatic carbocycles. The number of hydrogen-bond donors (Lipinski definition) is 1. The van der Waals surface area contributed by atoms with Crippen LogP contribution >= 0.6 is 11.3 Å². The van der Waals surface area contributed by atoms with Crippen molar-refractivity contribution in [2.45, 2.75) is 32.7 Å². The van der Waals surface area contributed by atoms with Crippen molar-refractivity contribution < 1.29 is 8.78 Å². The number of nitrogens with zero attached hydrogens (tertiary/aromatic N) is 1. The van der Waals surface area contributed by atoms with E-state index in [9.17, 15) is 8.78 Å². The summed E-state index contributed by atoms with van der Waals surface area (Å²) in [5.74, 6) is -0.216. The van der Waals surface area contributed by atoms with Crippen LogP contribution in [-0.4, -0.2) is 37.3 Å². The van der Waals surface area contributed by atoms with Gasteiger partial charge in [0, 0.05) is 34.9 Å². The van der Waals surface area contributed by atoms with E-state index >= 15 is 0 Å². The third-order valence-corrected chi connectivity index (χ3v) is 8.65. The van der Waals surface area contributed by atoms with Gasteiger partial charge in [-0.25, -0.2) is 4.39 Å². The van der Waals surface area contributed by atoms with Gasteiger partial charge in [0.05, 0.1) is 12.7 Å². The number of rotatable bonds is 10. The van der Waals surface area contributed by atoms with Crippen LogP contribution in [0.5, 0.6) is 0 Å². The second-order valence-corrected chi connectivity index (χ2v) is 11.3. The van der Waals surface area contributed by atoms with E-state index in [4.69, 9.17) is 0 Å². The van der Waals surface area contributed by atoms with Crippen LogP contribution in [0.1, 0.15) is 44.7 Å². The molecule has 196 valence electrons. The van der Waals surface area contributed by atoms with Crippen molar-refractivity contribution in [3.05, 3.63) is 112 Å². The molecule has 4 aromatic rings. The largest absolute Gasteiger partial charge is 0.380 e. The quantitative estimate of drug-likeness (QED) is 0.222. The number of anilines is 1. The van der Waals surface area contributed by atoms with Crippen molar-refractivity contribution in [3.8, 4) is 0 Å². The number of nitrogens with one attached hydrogen (secondary N) is 1. The lowest BCUT2D eigenvalue weighted by Crippen LogP contribution is -2.54. The molecule has 5 rings (SSSR count). The van der Waals surface area contributed by atoms with Crippen molar-refractivity contribution in [2.24, 2.45) is 0 Å². The molecule has 0 amide bonds. The zero-order chi connectivity index (χ0) is 26.8. The highest BCUT2D eigenvalue weighted by atomic mass is 32.1.